The fourth-order valence-corrected chi connectivity index (χ4v) is 2.04. The number of halogens is 1. The molecule has 0 spiro atoms. The van der Waals surface area contributed by atoms with Crippen LogP contribution in [0.4, 0.5) is 4.39 Å². The Balaban J connectivity index is 2.25. The summed E-state index contributed by atoms with van der Waals surface area (Å²) in [4.78, 5) is 0. The lowest BCUT2D eigenvalue weighted by Gasteiger charge is -2.22. The summed E-state index contributed by atoms with van der Waals surface area (Å²) < 4.78 is 12.8. The molecule has 0 amide bonds. The van der Waals surface area contributed by atoms with Gasteiger partial charge in [-0.15, -0.1) is 0 Å². The van der Waals surface area contributed by atoms with Crippen LogP contribution >= 0.6 is 0 Å². The van der Waals surface area contributed by atoms with Gasteiger partial charge in [-0.3, -0.25) is 0 Å². The molecule has 0 aliphatic rings. The molecule has 2 nitrogen and oxygen atoms in total. The van der Waals surface area contributed by atoms with Crippen LogP contribution in [-0.2, 0) is 0 Å². The molecule has 0 radical (unpaired) electrons. The summed E-state index contributed by atoms with van der Waals surface area (Å²) in [5, 5.41) is 10.3. The molecule has 18 heavy (non-hydrogen) atoms. The SMILES string of the molecule is NCC(c1ccccc1)C(O)c1ccc(F)cc1. The molecular weight excluding hydrogens is 229 g/mol. The highest BCUT2D eigenvalue weighted by atomic mass is 19.1. The fourth-order valence-electron chi connectivity index (χ4n) is 2.04. The zero-order chi connectivity index (χ0) is 13.0. The Bertz CT molecular complexity index is 484. The highest BCUT2D eigenvalue weighted by molar-refractivity contribution is 5.27. The third-order valence-electron chi connectivity index (χ3n) is 3.07. The van der Waals surface area contributed by atoms with E-state index in [4.69, 9.17) is 5.73 Å². The van der Waals surface area contributed by atoms with Gasteiger partial charge < -0.3 is 10.8 Å². The van der Waals surface area contributed by atoms with Gasteiger partial charge in [0, 0.05) is 12.5 Å². The van der Waals surface area contributed by atoms with Crippen LogP contribution in [0.3, 0.4) is 0 Å². The molecule has 2 aromatic rings. The second-order valence-corrected chi connectivity index (χ2v) is 4.25. The summed E-state index contributed by atoms with van der Waals surface area (Å²) in [7, 11) is 0. The molecule has 0 heterocycles. The van der Waals surface area contributed by atoms with Crippen LogP contribution in [0.1, 0.15) is 23.1 Å². The van der Waals surface area contributed by atoms with E-state index in [0.717, 1.165) is 5.56 Å². The predicted molar refractivity (Wildman–Crippen MR) is 69.6 cm³/mol. The van der Waals surface area contributed by atoms with Crippen molar-refractivity contribution in [1.29, 1.82) is 0 Å². The molecule has 0 saturated carbocycles. The van der Waals surface area contributed by atoms with Gasteiger partial charge >= 0.3 is 0 Å². The van der Waals surface area contributed by atoms with Gasteiger partial charge in [0.1, 0.15) is 5.82 Å². The average molecular weight is 245 g/mol. The van der Waals surface area contributed by atoms with Crippen molar-refractivity contribution < 1.29 is 9.50 Å². The first-order valence-electron chi connectivity index (χ1n) is 5.91. The van der Waals surface area contributed by atoms with Crippen LogP contribution < -0.4 is 5.73 Å². The zero-order valence-electron chi connectivity index (χ0n) is 9.96. The van der Waals surface area contributed by atoms with Gasteiger partial charge in [0.25, 0.3) is 0 Å². The van der Waals surface area contributed by atoms with E-state index in [2.05, 4.69) is 0 Å². The number of benzene rings is 2. The van der Waals surface area contributed by atoms with Gasteiger partial charge in [0.15, 0.2) is 0 Å². The lowest BCUT2D eigenvalue weighted by molar-refractivity contribution is 0.147. The fraction of sp³-hybridized carbons (Fsp3) is 0.200. The largest absolute Gasteiger partial charge is 0.388 e. The van der Waals surface area contributed by atoms with E-state index in [-0.39, 0.29) is 11.7 Å². The Morgan fingerprint density at radius 2 is 1.56 bits per heavy atom. The molecule has 0 aromatic heterocycles. The Labute approximate surface area is 106 Å². The molecule has 2 aromatic carbocycles. The molecule has 0 saturated heterocycles. The lowest BCUT2D eigenvalue weighted by atomic mass is 9.89. The van der Waals surface area contributed by atoms with Crippen LogP contribution in [0.15, 0.2) is 54.6 Å². The van der Waals surface area contributed by atoms with Crippen LogP contribution in [0.5, 0.6) is 0 Å². The number of hydrogen-bond donors (Lipinski definition) is 2. The van der Waals surface area contributed by atoms with Crippen molar-refractivity contribution in [1.82, 2.24) is 0 Å². The van der Waals surface area contributed by atoms with Crippen LogP contribution in [0.25, 0.3) is 0 Å². The van der Waals surface area contributed by atoms with Crippen molar-refractivity contribution in [2.75, 3.05) is 6.54 Å². The highest BCUT2D eigenvalue weighted by Gasteiger charge is 2.21. The van der Waals surface area contributed by atoms with Crippen molar-refractivity contribution in [3.8, 4) is 0 Å². The Morgan fingerprint density at radius 1 is 0.944 bits per heavy atom. The summed E-state index contributed by atoms with van der Waals surface area (Å²) in [5.41, 5.74) is 7.40. The van der Waals surface area contributed by atoms with Crippen LogP contribution in [0, 0.1) is 5.82 Å². The van der Waals surface area contributed by atoms with E-state index in [0.29, 0.717) is 12.1 Å². The van der Waals surface area contributed by atoms with Crippen LogP contribution in [0.2, 0.25) is 0 Å². The van der Waals surface area contributed by atoms with E-state index in [1.807, 2.05) is 30.3 Å². The topological polar surface area (TPSA) is 46.2 Å². The summed E-state index contributed by atoms with van der Waals surface area (Å²) >= 11 is 0. The molecule has 2 unspecified atom stereocenters. The first-order valence-corrected chi connectivity index (χ1v) is 5.91. The van der Waals surface area contributed by atoms with Gasteiger partial charge in [-0.2, -0.15) is 0 Å². The Hall–Kier alpha value is -1.71. The summed E-state index contributed by atoms with van der Waals surface area (Å²) in [6, 6.07) is 15.5. The van der Waals surface area contributed by atoms with Crippen molar-refractivity contribution >= 4 is 0 Å². The Morgan fingerprint density at radius 3 is 2.11 bits per heavy atom. The van der Waals surface area contributed by atoms with E-state index >= 15 is 0 Å². The summed E-state index contributed by atoms with van der Waals surface area (Å²) in [5.74, 6) is -0.494. The maximum absolute atomic E-state index is 12.8. The summed E-state index contributed by atoms with van der Waals surface area (Å²) in [6.45, 7) is 0.336. The number of aliphatic hydroxyl groups is 1. The molecule has 94 valence electrons. The first kappa shape index (κ1) is 12.7. The summed E-state index contributed by atoms with van der Waals surface area (Å²) in [6.07, 6.45) is -0.724. The van der Waals surface area contributed by atoms with E-state index in [1.165, 1.54) is 12.1 Å². The molecule has 0 aliphatic heterocycles. The van der Waals surface area contributed by atoms with E-state index in [1.54, 1.807) is 12.1 Å². The molecule has 0 bridgehead atoms. The van der Waals surface area contributed by atoms with Crippen LogP contribution in [-0.4, -0.2) is 11.7 Å². The minimum Gasteiger partial charge on any atom is -0.388 e. The number of hydrogen-bond acceptors (Lipinski definition) is 2. The molecular formula is C15H16FNO. The number of rotatable bonds is 4. The maximum atomic E-state index is 12.8. The van der Waals surface area contributed by atoms with Gasteiger partial charge in [-0.1, -0.05) is 42.5 Å². The highest BCUT2D eigenvalue weighted by Crippen LogP contribution is 2.29. The zero-order valence-corrected chi connectivity index (χ0v) is 9.96. The smallest absolute Gasteiger partial charge is 0.123 e. The molecule has 0 fully saturated rings. The average Bonchev–Trinajstić information content (AvgIpc) is 2.41. The standard InChI is InChI=1S/C15H16FNO/c16-13-8-6-12(7-9-13)15(18)14(10-17)11-4-2-1-3-5-11/h1-9,14-15,18H,10,17H2. The minimum atomic E-state index is -0.724. The normalized spacial score (nSPS) is 14.2. The molecule has 0 aliphatic carbocycles. The number of aliphatic hydroxyl groups excluding tert-OH is 1. The molecule has 2 rings (SSSR count). The van der Waals surface area contributed by atoms with Gasteiger partial charge in [-0.05, 0) is 23.3 Å². The quantitative estimate of drug-likeness (QED) is 0.869. The number of nitrogens with two attached hydrogens (primary N) is 1. The third kappa shape index (κ3) is 2.75. The lowest BCUT2D eigenvalue weighted by Crippen LogP contribution is -2.20. The van der Waals surface area contributed by atoms with Crippen molar-refractivity contribution in [3.05, 3.63) is 71.5 Å². The van der Waals surface area contributed by atoms with Crippen molar-refractivity contribution in [3.63, 3.8) is 0 Å². The van der Waals surface area contributed by atoms with Crippen molar-refractivity contribution in [2.24, 2.45) is 5.73 Å². The van der Waals surface area contributed by atoms with E-state index in [9.17, 15) is 9.50 Å². The second kappa shape index (κ2) is 5.76. The van der Waals surface area contributed by atoms with E-state index < -0.39 is 6.10 Å². The van der Waals surface area contributed by atoms with Crippen molar-refractivity contribution in [2.45, 2.75) is 12.0 Å². The first-order chi connectivity index (χ1) is 8.72. The molecule has 3 heteroatoms. The monoisotopic (exact) mass is 245 g/mol. The minimum absolute atomic E-state index is 0.184. The van der Waals surface area contributed by atoms with Gasteiger partial charge in [-0.25, -0.2) is 4.39 Å². The second-order valence-electron chi connectivity index (χ2n) is 4.25. The molecule has 2 atom stereocenters. The van der Waals surface area contributed by atoms with Gasteiger partial charge in [0.05, 0.1) is 6.10 Å². The van der Waals surface area contributed by atoms with Gasteiger partial charge in [0.2, 0.25) is 0 Å². The Kier molecular flexibility index (Phi) is 4.07. The molecule has 3 N–H and O–H groups in total. The maximum Gasteiger partial charge on any atom is 0.123 e. The predicted octanol–water partition coefficient (Wildman–Crippen LogP) is 2.60. The third-order valence-corrected chi connectivity index (χ3v) is 3.07.